The summed E-state index contributed by atoms with van der Waals surface area (Å²) in [4.78, 5) is 16.8. The summed E-state index contributed by atoms with van der Waals surface area (Å²) >= 11 is 0. The lowest BCUT2D eigenvalue weighted by molar-refractivity contribution is -0.384. The number of aliphatic hydroxyl groups is 1. The molecule has 1 fully saturated rings. The maximum absolute atomic E-state index is 11.0. The van der Waals surface area contributed by atoms with Crippen molar-refractivity contribution in [1.82, 2.24) is 4.98 Å². The first-order valence-corrected chi connectivity index (χ1v) is 6.09. The van der Waals surface area contributed by atoms with Gasteiger partial charge in [-0.25, -0.2) is 4.98 Å². The summed E-state index contributed by atoms with van der Waals surface area (Å²) in [5.74, 6) is 0.765. The SMILES string of the molecule is Cc1ccc([N+](=O)[O-])c(N2CCC(CO)CC2)n1. The van der Waals surface area contributed by atoms with E-state index in [0.29, 0.717) is 24.8 Å². The lowest BCUT2D eigenvalue weighted by Crippen LogP contribution is -2.35. The summed E-state index contributed by atoms with van der Waals surface area (Å²) in [6.45, 7) is 3.44. The zero-order valence-corrected chi connectivity index (χ0v) is 10.4. The number of anilines is 1. The molecule has 1 aromatic heterocycles. The van der Waals surface area contributed by atoms with E-state index in [1.807, 2.05) is 11.8 Å². The Balaban J connectivity index is 2.22. The average molecular weight is 251 g/mol. The molecule has 6 nitrogen and oxygen atoms in total. The molecule has 98 valence electrons. The van der Waals surface area contributed by atoms with Crippen LogP contribution in [0.3, 0.4) is 0 Å². The van der Waals surface area contributed by atoms with Crippen LogP contribution in [0, 0.1) is 23.0 Å². The molecule has 1 saturated heterocycles. The number of aryl methyl sites for hydroxylation is 1. The topological polar surface area (TPSA) is 79.5 Å². The number of hydrogen-bond acceptors (Lipinski definition) is 5. The molecule has 1 aliphatic heterocycles. The molecule has 0 bridgehead atoms. The number of nitro groups is 1. The van der Waals surface area contributed by atoms with Crippen LogP contribution >= 0.6 is 0 Å². The maximum Gasteiger partial charge on any atom is 0.311 e. The van der Waals surface area contributed by atoms with Gasteiger partial charge < -0.3 is 10.0 Å². The molecule has 0 atom stereocenters. The standard InChI is InChI=1S/C12H17N3O3/c1-9-2-3-11(15(17)18)12(13-9)14-6-4-10(8-16)5-7-14/h2-3,10,16H,4-8H2,1H3. The number of aliphatic hydroxyl groups excluding tert-OH is 1. The molecule has 0 spiro atoms. The van der Waals surface area contributed by atoms with E-state index < -0.39 is 0 Å². The molecule has 0 aromatic carbocycles. The Morgan fingerprint density at radius 1 is 1.50 bits per heavy atom. The van der Waals surface area contributed by atoms with Gasteiger partial charge in [0, 0.05) is 31.5 Å². The highest BCUT2D eigenvalue weighted by Crippen LogP contribution is 2.29. The first-order valence-electron chi connectivity index (χ1n) is 6.09. The second-order valence-electron chi connectivity index (χ2n) is 4.67. The van der Waals surface area contributed by atoms with Crippen LogP contribution in [0.25, 0.3) is 0 Å². The fourth-order valence-corrected chi connectivity index (χ4v) is 2.24. The molecule has 0 aliphatic carbocycles. The van der Waals surface area contributed by atoms with Crippen LogP contribution in [0.5, 0.6) is 0 Å². The molecule has 1 aromatic rings. The quantitative estimate of drug-likeness (QED) is 0.650. The van der Waals surface area contributed by atoms with Crippen molar-refractivity contribution in [1.29, 1.82) is 0 Å². The lowest BCUT2D eigenvalue weighted by Gasteiger charge is -2.31. The number of rotatable bonds is 3. The summed E-state index contributed by atoms with van der Waals surface area (Å²) in [5.41, 5.74) is 0.836. The van der Waals surface area contributed by atoms with Crippen LogP contribution in [0.15, 0.2) is 12.1 Å². The van der Waals surface area contributed by atoms with Crippen LogP contribution in [-0.2, 0) is 0 Å². The number of pyridine rings is 1. The molecular weight excluding hydrogens is 234 g/mol. The molecule has 0 unspecified atom stereocenters. The Bertz CT molecular complexity index is 442. The van der Waals surface area contributed by atoms with Gasteiger partial charge in [-0.15, -0.1) is 0 Å². The van der Waals surface area contributed by atoms with Gasteiger partial charge in [0.2, 0.25) is 5.82 Å². The molecule has 0 radical (unpaired) electrons. The maximum atomic E-state index is 11.0. The molecule has 1 aliphatic rings. The van der Waals surface area contributed by atoms with E-state index in [-0.39, 0.29) is 17.2 Å². The predicted octanol–water partition coefficient (Wildman–Crippen LogP) is 1.51. The van der Waals surface area contributed by atoms with Gasteiger partial charge in [0.1, 0.15) is 0 Å². The molecule has 6 heteroatoms. The smallest absolute Gasteiger partial charge is 0.311 e. The largest absolute Gasteiger partial charge is 0.396 e. The van der Waals surface area contributed by atoms with E-state index in [1.54, 1.807) is 6.07 Å². The highest BCUT2D eigenvalue weighted by molar-refractivity contribution is 5.58. The van der Waals surface area contributed by atoms with Crippen molar-refractivity contribution in [3.8, 4) is 0 Å². The van der Waals surface area contributed by atoms with Gasteiger partial charge in [-0.2, -0.15) is 0 Å². The number of hydrogen-bond donors (Lipinski definition) is 1. The minimum Gasteiger partial charge on any atom is -0.396 e. The number of aromatic nitrogens is 1. The monoisotopic (exact) mass is 251 g/mol. The summed E-state index contributed by atoms with van der Waals surface area (Å²) in [6.07, 6.45) is 1.70. The van der Waals surface area contributed by atoms with Crippen molar-refractivity contribution < 1.29 is 10.0 Å². The Labute approximate surface area is 105 Å². The zero-order chi connectivity index (χ0) is 13.1. The van der Waals surface area contributed by atoms with Gasteiger partial charge in [0.15, 0.2) is 0 Å². The number of nitrogens with zero attached hydrogens (tertiary/aromatic N) is 3. The third kappa shape index (κ3) is 2.59. The Hall–Kier alpha value is -1.69. The van der Waals surface area contributed by atoms with Crippen LogP contribution in [0.4, 0.5) is 11.5 Å². The Morgan fingerprint density at radius 3 is 2.72 bits per heavy atom. The van der Waals surface area contributed by atoms with Crippen molar-refractivity contribution in [2.45, 2.75) is 19.8 Å². The van der Waals surface area contributed by atoms with Crippen molar-refractivity contribution in [3.05, 3.63) is 27.9 Å². The van der Waals surface area contributed by atoms with Gasteiger partial charge in [-0.1, -0.05) is 0 Å². The van der Waals surface area contributed by atoms with Gasteiger partial charge in [-0.05, 0) is 31.7 Å². The third-order valence-corrected chi connectivity index (χ3v) is 3.36. The highest BCUT2D eigenvalue weighted by atomic mass is 16.6. The van der Waals surface area contributed by atoms with Gasteiger partial charge in [-0.3, -0.25) is 10.1 Å². The molecular formula is C12H17N3O3. The second-order valence-corrected chi connectivity index (χ2v) is 4.67. The lowest BCUT2D eigenvalue weighted by atomic mass is 9.98. The van der Waals surface area contributed by atoms with Crippen molar-refractivity contribution in [3.63, 3.8) is 0 Å². The first kappa shape index (κ1) is 12.8. The van der Waals surface area contributed by atoms with E-state index in [2.05, 4.69) is 4.98 Å². The van der Waals surface area contributed by atoms with Crippen molar-refractivity contribution in [2.75, 3.05) is 24.6 Å². The fraction of sp³-hybridized carbons (Fsp3) is 0.583. The van der Waals surface area contributed by atoms with Crippen LogP contribution in [0.1, 0.15) is 18.5 Å². The van der Waals surface area contributed by atoms with Crippen LogP contribution in [0.2, 0.25) is 0 Å². The van der Waals surface area contributed by atoms with Gasteiger partial charge in [0.05, 0.1) is 4.92 Å². The second kappa shape index (κ2) is 5.30. The average Bonchev–Trinajstić information content (AvgIpc) is 2.38. The zero-order valence-electron chi connectivity index (χ0n) is 10.4. The molecule has 18 heavy (non-hydrogen) atoms. The van der Waals surface area contributed by atoms with E-state index in [9.17, 15) is 10.1 Å². The summed E-state index contributed by atoms with van der Waals surface area (Å²) in [6, 6.07) is 3.16. The van der Waals surface area contributed by atoms with E-state index in [1.165, 1.54) is 6.07 Å². The first-order chi connectivity index (χ1) is 8.61. The molecule has 2 heterocycles. The predicted molar refractivity (Wildman–Crippen MR) is 67.7 cm³/mol. The molecule has 0 saturated carbocycles. The number of piperidine rings is 1. The molecule has 0 amide bonds. The highest BCUT2D eigenvalue weighted by Gasteiger charge is 2.25. The van der Waals surface area contributed by atoms with Crippen LogP contribution < -0.4 is 4.90 Å². The van der Waals surface area contributed by atoms with Crippen LogP contribution in [-0.4, -0.2) is 34.7 Å². The normalized spacial score (nSPS) is 16.9. The summed E-state index contributed by atoms with van der Waals surface area (Å²) in [7, 11) is 0. The van der Waals surface area contributed by atoms with Gasteiger partial charge in [0.25, 0.3) is 0 Å². The van der Waals surface area contributed by atoms with Crippen molar-refractivity contribution >= 4 is 11.5 Å². The fourth-order valence-electron chi connectivity index (χ4n) is 2.24. The van der Waals surface area contributed by atoms with E-state index in [4.69, 9.17) is 5.11 Å². The Kier molecular flexibility index (Phi) is 3.76. The van der Waals surface area contributed by atoms with Crippen molar-refractivity contribution in [2.24, 2.45) is 5.92 Å². The third-order valence-electron chi connectivity index (χ3n) is 3.36. The Morgan fingerprint density at radius 2 is 2.17 bits per heavy atom. The summed E-state index contributed by atoms with van der Waals surface area (Å²) < 4.78 is 0. The van der Waals surface area contributed by atoms with Gasteiger partial charge >= 0.3 is 5.69 Å². The van der Waals surface area contributed by atoms with E-state index >= 15 is 0 Å². The molecule has 1 N–H and O–H groups in total. The van der Waals surface area contributed by atoms with E-state index in [0.717, 1.165) is 18.5 Å². The summed E-state index contributed by atoms with van der Waals surface area (Å²) in [5, 5.41) is 20.1. The molecule has 2 rings (SSSR count). The minimum atomic E-state index is -0.389. The minimum absolute atomic E-state index is 0.0584.